The maximum absolute atomic E-state index is 12.1. The van der Waals surface area contributed by atoms with Crippen molar-refractivity contribution in [3.63, 3.8) is 0 Å². The molecule has 0 fully saturated rings. The largest absolute Gasteiger partial charge is 0.402 e. The zero-order valence-corrected chi connectivity index (χ0v) is 13.0. The summed E-state index contributed by atoms with van der Waals surface area (Å²) in [4.78, 5) is 12.4. The lowest BCUT2D eigenvalue weighted by molar-refractivity contribution is 0.0696. The lowest BCUT2D eigenvalue weighted by Crippen LogP contribution is -2.38. The van der Waals surface area contributed by atoms with E-state index in [9.17, 15) is 9.90 Å². The fourth-order valence-corrected chi connectivity index (χ4v) is 2.55. The van der Waals surface area contributed by atoms with Crippen LogP contribution in [-0.2, 0) is 0 Å². The van der Waals surface area contributed by atoms with Crippen LogP contribution in [-0.4, -0.2) is 23.2 Å². The SMILES string of the molecule is C/C(N)=C(\C)c1c(N)sc(C(=O)NCC(C)(C)O)c1N. The van der Waals surface area contributed by atoms with Gasteiger partial charge in [0.1, 0.15) is 4.88 Å². The van der Waals surface area contributed by atoms with E-state index >= 15 is 0 Å². The predicted octanol–water partition coefficient (Wildman–Crippen LogP) is 1.12. The molecule has 0 aromatic carbocycles. The summed E-state index contributed by atoms with van der Waals surface area (Å²) in [7, 11) is 0. The Morgan fingerprint density at radius 1 is 1.35 bits per heavy atom. The topological polar surface area (TPSA) is 127 Å². The summed E-state index contributed by atoms with van der Waals surface area (Å²) in [5.74, 6) is -0.352. The van der Waals surface area contributed by atoms with Crippen LogP contribution < -0.4 is 22.5 Å². The van der Waals surface area contributed by atoms with Crippen LogP contribution in [0.1, 0.15) is 42.9 Å². The Bertz CT molecular complexity index is 551. The molecular formula is C13H22N4O2S. The van der Waals surface area contributed by atoms with Crippen molar-refractivity contribution in [3.05, 3.63) is 16.1 Å². The molecule has 6 nitrogen and oxygen atoms in total. The maximum Gasteiger partial charge on any atom is 0.263 e. The predicted molar refractivity (Wildman–Crippen MR) is 84.2 cm³/mol. The summed E-state index contributed by atoms with van der Waals surface area (Å²) in [5, 5.41) is 12.7. The van der Waals surface area contributed by atoms with Crippen molar-refractivity contribution >= 4 is 33.5 Å². The van der Waals surface area contributed by atoms with Gasteiger partial charge in [0.05, 0.1) is 16.3 Å². The first-order valence-electron chi connectivity index (χ1n) is 6.16. The molecule has 0 atom stereocenters. The van der Waals surface area contributed by atoms with Crippen LogP contribution in [0.3, 0.4) is 0 Å². The summed E-state index contributed by atoms with van der Waals surface area (Å²) in [6, 6.07) is 0. The molecule has 0 aliphatic rings. The van der Waals surface area contributed by atoms with Gasteiger partial charge >= 0.3 is 0 Å². The number of aliphatic hydroxyl groups is 1. The van der Waals surface area contributed by atoms with Gasteiger partial charge in [-0.15, -0.1) is 11.3 Å². The third kappa shape index (κ3) is 3.64. The van der Waals surface area contributed by atoms with Crippen molar-refractivity contribution in [1.82, 2.24) is 5.32 Å². The molecule has 0 unspecified atom stereocenters. The Hall–Kier alpha value is -1.73. The van der Waals surface area contributed by atoms with Crippen molar-refractivity contribution in [3.8, 4) is 0 Å². The lowest BCUT2D eigenvalue weighted by atomic mass is 10.1. The molecule has 0 bridgehead atoms. The first-order valence-corrected chi connectivity index (χ1v) is 6.98. The van der Waals surface area contributed by atoms with Crippen molar-refractivity contribution < 1.29 is 9.90 Å². The van der Waals surface area contributed by atoms with Crippen LogP contribution in [0.4, 0.5) is 10.7 Å². The van der Waals surface area contributed by atoms with Crippen molar-refractivity contribution in [1.29, 1.82) is 0 Å². The van der Waals surface area contributed by atoms with Gasteiger partial charge in [-0.25, -0.2) is 0 Å². The summed E-state index contributed by atoms with van der Waals surface area (Å²) in [5.41, 5.74) is 19.0. The zero-order valence-electron chi connectivity index (χ0n) is 12.2. The van der Waals surface area contributed by atoms with Crippen molar-refractivity contribution in [2.75, 3.05) is 18.0 Å². The number of allylic oxidation sites excluding steroid dienone is 2. The number of amides is 1. The van der Waals surface area contributed by atoms with Gasteiger partial charge in [-0.3, -0.25) is 4.79 Å². The number of hydrogen-bond acceptors (Lipinski definition) is 6. The van der Waals surface area contributed by atoms with Gasteiger partial charge < -0.3 is 27.6 Å². The number of rotatable bonds is 4. The van der Waals surface area contributed by atoms with Crippen molar-refractivity contribution in [2.24, 2.45) is 5.73 Å². The first kappa shape index (κ1) is 16.3. The van der Waals surface area contributed by atoms with Gasteiger partial charge in [-0.05, 0) is 33.3 Å². The van der Waals surface area contributed by atoms with Crippen molar-refractivity contribution in [2.45, 2.75) is 33.3 Å². The number of hydrogen-bond donors (Lipinski definition) is 5. The lowest BCUT2D eigenvalue weighted by Gasteiger charge is -2.17. The van der Waals surface area contributed by atoms with E-state index in [2.05, 4.69) is 5.32 Å². The number of nitrogens with one attached hydrogen (secondary N) is 1. The summed E-state index contributed by atoms with van der Waals surface area (Å²) in [6.07, 6.45) is 0. The molecule has 7 heteroatoms. The summed E-state index contributed by atoms with van der Waals surface area (Å²) in [6.45, 7) is 6.90. The van der Waals surface area contributed by atoms with Crippen LogP contribution in [0, 0.1) is 0 Å². The zero-order chi connectivity index (χ0) is 15.7. The van der Waals surface area contributed by atoms with Gasteiger partial charge in [-0.2, -0.15) is 0 Å². The number of thiophene rings is 1. The molecule has 8 N–H and O–H groups in total. The molecule has 0 saturated heterocycles. The number of carbonyl (C=O) groups is 1. The standard InChI is InChI=1S/C13H22N4O2S/c1-6(7(2)14)8-9(15)10(20-11(8)16)12(18)17-5-13(3,4)19/h19H,5,14-16H2,1-4H3,(H,17,18)/b7-6-. The van der Waals surface area contributed by atoms with E-state index in [0.29, 0.717) is 26.8 Å². The van der Waals surface area contributed by atoms with E-state index in [4.69, 9.17) is 17.2 Å². The fourth-order valence-electron chi connectivity index (χ4n) is 1.59. The first-order chi connectivity index (χ1) is 9.04. The summed E-state index contributed by atoms with van der Waals surface area (Å²) >= 11 is 1.11. The second kappa shape index (κ2) is 5.72. The van der Waals surface area contributed by atoms with Gasteiger partial charge in [0, 0.05) is 17.8 Å². The van der Waals surface area contributed by atoms with E-state index in [1.807, 2.05) is 6.92 Å². The van der Waals surface area contributed by atoms with E-state index in [1.54, 1.807) is 20.8 Å². The third-order valence-corrected chi connectivity index (χ3v) is 3.86. The molecule has 0 radical (unpaired) electrons. The normalized spacial score (nSPS) is 13.1. The third-order valence-electron chi connectivity index (χ3n) is 2.83. The molecule has 1 aromatic rings. The molecule has 112 valence electrons. The molecule has 1 amide bonds. The molecule has 0 aliphatic carbocycles. The molecule has 0 spiro atoms. The minimum atomic E-state index is -0.986. The number of nitrogen functional groups attached to an aromatic ring is 2. The Labute approximate surface area is 122 Å². The van der Waals surface area contributed by atoms with Crippen LogP contribution in [0.5, 0.6) is 0 Å². The highest BCUT2D eigenvalue weighted by atomic mass is 32.1. The molecular weight excluding hydrogens is 276 g/mol. The Balaban J connectivity index is 3.08. The molecule has 1 heterocycles. The Morgan fingerprint density at radius 2 is 1.90 bits per heavy atom. The second-order valence-corrected chi connectivity index (χ2v) is 6.44. The van der Waals surface area contributed by atoms with Gasteiger partial charge in [0.15, 0.2) is 0 Å². The molecule has 0 aliphatic heterocycles. The van der Waals surface area contributed by atoms with E-state index < -0.39 is 5.60 Å². The Morgan fingerprint density at radius 3 is 2.35 bits per heavy atom. The van der Waals surface area contributed by atoms with Crippen LogP contribution in [0.2, 0.25) is 0 Å². The molecule has 1 rings (SSSR count). The van der Waals surface area contributed by atoms with Gasteiger partial charge in [-0.1, -0.05) is 0 Å². The number of anilines is 2. The fraction of sp³-hybridized carbons (Fsp3) is 0.462. The minimum Gasteiger partial charge on any atom is -0.402 e. The highest BCUT2D eigenvalue weighted by Crippen LogP contribution is 2.38. The van der Waals surface area contributed by atoms with E-state index in [1.165, 1.54) is 0 Å². The molecule has 0 saturated carbocycles. The van der Waals surface area contributed by atoms with Crippen LogP contribution in [0.25, 0.3) is 5.57 Å². The van der Waals surface area contributed by atoms with Crippen LogP contribution in [0.15, 0.2) is 5.70 Å². The maximum atomic E-state index is 12.1. The van der Waals surface area contributed by atoms with Gasteiger partial charge in [0.2, 0.25) is 0 Å². The smallest absolute Gasteiger partial charge is 0.263 e. The average molecular weight is 298 g/mol. The Kier molecular flexibility index (Phi) is 4.67. The number of nitrogens with two attached hydrogens (primary N) is 3. The highest BCUT2D eigenvalue weighted by Gasteiger charge is 2.22. The van der Waals surface area contributed by atoms with E-state index in [-0.39, 0.29) is 12.5 Å². The average Bonchev–Trinajstić information content (AvgIpc) is 2.60. The van der Waals surface area contributed by atoms with Crippen LogP contribution >= 0.6 is 11.3 Å². The van der Waals surface area contributed by atoms with E-state index in [0.717, 1.165) is 16.9 Å². The monoisotopic (exact) mass is 298 g/mol. The molecule has 20 heavy (non-hydrogen) atoms. The molecule has 1 aromatic heterocycles. The summed E-state index contributed by atoms with van der Waals surface area (Å²) < 4.78 is 0. The quantitative estimate of drug-likeness (QED) is 0.569. The highest BCUT2D eigenvalue weighted by molar-refractivity contribution is 7.18. The minimum absolute atomic E-state index is 0.128. The van der Waals surface area contributed by atoms with Gasteiger partial charge in [0.25, 0.3) is 5.91 Å². The number of carbonyl (C=O) groups excluding carboxylic acids is 1. The second-order valence-electron chi connectivity index (χ2n) is 5.39.